The lowest BCUT2D eigenvalue weighted by Gasteiger charge is -2.29. The highest BCUT2D eigenvalue weighted by atomic mass is 16.3. The molecule has 0 bridgehead atoms. The number of nitrogens with one attached hydrogen (secondary N) is 1. The first-order valence-corrected chi connectivity index (χ1v) is 8.94. The van der Waals surface area contributed by atoms with E-state index in [-0.39, 0.29) is 30.7 Å². The molecule has 2 aromatic rings. The van der Waals surface area contributed by atoms with Gasteiger partial charge in [0.1, 0.15) is 17.8 Å². The third-order valence-corrected chi connectivity index (χ3v) is 4.75. The Morgan fingerprint density at radius 1 is 1.37 bits per heavy atom. The number of aromatic nitrogens is 4. The number of rotatable bonds is 5. The average Bonchev–Trinajstić information content (AvgIpc) is 3.28. The van der Waals surface area contributed by atoms with E-state index in [1.807, 2.05) is 19.9 Å². The van der Waals surface area contributed by atoms with Gasteiger partial charge in [-0.25, -0.2) is 4.68 Å². The molecule has 3 heterocycles. The Morgan fingerprint density at radius 3 is 2.78 bits per heavy atom. The fourth-order valence-electron chi connectivity index (χ4n) is 3.41. The standard InChI is InChI=1S/C18H24N6O3/c1-11(2)16(18(27)23-9-13(25)7-15(23)17(26)19-3)24-10-14(21-22-24)12-5-4-6-20-8-12/h4-6,8,10-11,13,15-16,25H,7,9H2,1-3H3,(H,19,26)/t13?,15-,16?/m1/s1. The van der Waals surface area contributed by atoms with Gasteiger partial charge in [-0.05, 0) is 18.1 Å². The summed E-state index contributed by atoms with van der Waals surface area (Å²) in [5.74, 6) is -0.612. The highest BCUT2D eigenvalue weighted by Crippen LogP contribution is 2.27. The number of nitrogens with zero attached hydrogens (tertiary/aromatic N) is 5. The van der Waals surface area contributed by atoms with Crippen LogP contribution in [0.4, 0.5) is 0 Å². The summed E-state index contributed by atoms with van der Waals surface area (Å²) in [6, 6.07) is 2.37. The molecule has 27 heavy (non-hydrogen) atoms. The summed E-state index contributed by atoms with van der Waals surface area (Å²) < 4.78 is 1.53. The first kappa shape index (κ1) is 19.0. The number of aliphatic hydroxyl groups excluding tert-OH is 1. The van der Waals surface area contributed by atoms with Gasteiger partial charge in [0.25, 0.3) is 0 Å². The molecule has 9 nitrogen and oxygen atoms in total. The van der Waals surface area contributed by atoms with Crippen molar-refractivity contribution in [3.63, 3.8) is 0 Å². The Bertz CT molecular complexity index is 806. The smallest absolute Gasteiger partial charge is 0.248 e. The van der Waals surface area contributed by atoms with Crippen LogP contribution in [0.5, 0.6) is 0 Å². The van der Waals surface area contributed by atoms with E-state index in [2.05, 4.69) is 20.6 Å². The number of hydrogen-bond acceptors (Lipinski definition) is 6. The van der Waals surface area contributed by atoms with Crippen molar-refractivity contribution >= 4 is 11.8 Å². The fourth-order valence-corrected chi connectivity index (χ4v) is 3.41. The maximum absolute atomic E-state index is 13.2. The summed E-state index contributed by atoms with van der Waals surface area (Å²) >= 11 is 0. The predicted octanol–water partition coefficient (Wildman–Crippen LogP) is 0.245. The predicted molar refractivity (Wildman–Crippen MR) is 97.3 cm³/mol. The van der Waals surface area contributed by atoms with Crippen LogP contribution in [-0.2, 0) is 9.59 Å². The lowest BCUT2D eigenvalue weighted by molar-refractivity contribution is -0.142. The number of aliphatic hydroxyl groups is 1. The molecule has 2 amide bonds. The monoisotopic (exact) mass is 372 g/mol. The molecule has 3 atom stereocenters. The van der Waals surface area contributed by atoms with E-state index >= 15 is 0 Å². The Labute approximate surface area is 157 Å². The zero-order valence-corrected chi connectivity index (χ0v) is 15.6. The summed E-state index contributed by atoms with van der Waals surface area (Å²) in [5.41, 5.74) is 1.42. The van der Waals surface area contributed by atoms with Crippen LogP contribution >= 0.6 is 0 Å². The van der Waals surface area contributed by atoms with Gasteiger partial charge in [-0.3, -0.25) is 14.6 Å². The van der Waals surface area contributed by atoms with Gasteiger partial charge in [-0.2, -0.15) is 0 Å². The van der Waals surface area contributed by atoms with Gasteiger partial charge in [-0.15, -0.1) is 5.10 Å². The summed E-state index contributed by atoms with van der Waals surface area (Å²) in [7, 11) is 1.52. The lowest BCUT2D eigenvalue weighted by Crippen LogP contribution is -2.48. The zero-order chi connectivity index (χ0) is 19.6. The van der Waals surface area contributed by atoms with Crippen LogP contribution in [0.15, 0.2) is 30.7 Å². The summed E-state index contributed by atoms with van der Waals surface area (Å²) in [4.78, 5) is 30.9. The fraction of sp³-hybridized carbons (Fsp3) is 0.500. The maximum atomic E-state index is 13.2. The van der Waals surface area contributed by atoms with Crippen LogP contribution in [0.2, 0.25) is 0 Å². The number of likely N-dealkylation sites (N-methyl/N-ethyl adjacent to an activating group) is 1. The van der Waals surface area contributed by atoms with E-state index in [4.69, 9.17) is 0 Å². The Kier molecular flexibility index (Phi) is 5.50. The minimum Gasteiger partial charge on any atom is -0.391 e. The highest BCUT2D eigenvalue weighted by Gasteiger charge is 2.42. The van der Waals surface area contributed by atoms with Crippen LogP contribution in [0.1, 0.15) is 26.3 Å². The Hall–Kier alpha value is -2.81. The van der Waals surface area contributed by atoms with Crippen LogP contribution in [-0.4, -0.2) is 67.5 Å². The van der Waals surface area contributed by atoms with Crippen molar-refractivity contribution in [3.8, 4) is 11.3 Å². The molecule has 2 unspecified atom stereocenters. The zero-order valence-electron chi connectivity index (χ0n) is 15.6. The van der Waals surface area contributed by atoms with Crippen molar-refractivity contribution in [1.29, 1.82) is 0 Å². The van der Waals surface area contributed by atoms with Crippen LogP contribution in [0.25, 0.3) is 11.3 Å². The number of carbonyl (C=O) groups excluding carboxylic acids is 2. The number of hydrogen-bond donors (Lipinski definition) is 2. The van der Waals surface area contributed by atoms with Crippen molar-refractivity contribution in [2.24, 2.45) is 5.92 Å². The molecule has 0 aromatic carbocycles. The van der Waals surface area contributed by atoms with E-state index in [1.165, 1.54) is 16.6 Å². The van der Waals surface area contributed by atoms with Crippen LogP contribution < -0.4 is 5.32 Å². The normalized spacial score (nSPS) is 20.7. The molecule has 2 aromatic heterocycles. The largest absolute Gasteiger partial charge is 0.391 e. The highest BCUT2D eigenvalue weighted by molar-refractivity contribution is 5.90. The molecule has 144 valence electrons. The molecule has 0 spiro atoms. The minimum absolute atomic E-state index is 0.0796. The minimum atomic E-state index is -0.717. The molecule has 0 radical (unpaired) electrons. The summed E-state index contributed by atoms with van der Waals surface area (Å²) in [6.07, 6.45) is 4.58. The van der Waals surface area contributed by atoms with Gasteiger partial charge < -0.3 is 15.3 Å². The van der Waals surface area contributed by atoms with Crippen LogP contribution in [0.3, 0.4) is 0 Å². The van der Waals surface area contributed by atoms with Crippen molar-refractivity contribution in [1.82, 2.24) is 30.2 Å². The summed E-state index contributed by atoms with van der Waals surface area (Å²) in [6.45, 7) is 3.95. The third-order valence-electron chi connectivity index (χ3n) is 4.75. The third kappa shape index (κ3) is 3.82. The van der Waals surface area contributed by atoms with Crippen molar-refractivity contribution < 1.29 is 14.7 Å². The van der Waals surface area contributed by atoms with E-state index in [0.29, 0.717) is 5.69 Å². The second-order valence-corrected chi connectivity index (χ2v) is 7.02. The van der Waals surface area contributed by atoms with Crippen LogP contribution in [0, 0.1) is 5.92 Å². The molecular formula is C18H24N6O3. The van der Waals surface area contributed by atoms with Gasteiger partial charge in [-0.1, -0.05) is 19.1 Å². The summed E-state index contributed by atoms with van der Waals surface area (Å²) in [5, 5.41) is 20.9. The van der Waals surface area contributed by atoms with Gasteiger partial charge >= 0.3 is 0 Å². The number of β-amino-alcohol motifs (C(OH)–C–C–N with tert-alkyl or cyclic N) is 1. The molecule has 0 aliphatic carbocycles. The first-order chi connectivity index (χ1) is 12.9. The number of pyridine rings is 1. The van der Waals surface area contributed by atoms with Gasteiger partial charge in [0.2, 0.25) is 11.8 Å². The molecule has 2 N–H and O–H groups in total. The van der Waals surface area contributed by atoms with E-state index in [1.54, 1.807) is 24.7 Å². The quantitative estimate of drug-likeness (QED) is 0.778. The molecule has 1 saturated heterocycles. The molecule has 1 aliphatic rings. The number of carbonyl (C=O) groups is 2. The average molecular weight is 372 g/mol. The molecule has 1 fully saturated rings. The van der Waals surface area contributed by atoms with Crippen molar-refractivity contribution in [2.75, 3.05) is 13.6 Å². The number of likely N-dealkylation sites (tertiary alicyclic amines) is 1. The van der Waals surface area contributed by atoms with Gasteiger partial charge in [0, 0.05) is 38.0 Å². The van der Waals surface area contributed by atoms with Crippen molar-refractivity contribution in [2.45, 2.75) is 38.5 Å². The van der Waals surface area contributed by atoms with E-state index in [9.17, 15) is 14.7 Å². The second-order valence-electron chi connectivity index (χ2n) is 7.02. The topological polar surface area (TPSA) is 113 Å². The van der Waals surface area contributed by atoms with E-state index in [0.717, 1.165) is 5.56 Å². The molecule has 9 heteroatoms. The first-order valence-electron chi connectivity index (χ1n) is 8.94. The lowest BCUT2D eigenvalue weighted by atomic mass is 10.0. The van der Waals surface area contributed by atoms with E-state index < -0.39 is 18.2 Å². The Balaban J connectivity index is 1.88. The maximum Gasteiger partial charge on any atom is 0.248 e. The molecule has 3 rings (SSSR count). The van der Waals surface area contributed by atoms with Crippen molar-refractivity contribution in [3.05, 3.63) is 30.7 Å². The van der Waals surface area contributed by atoms with Gasteiger partial charge in [0.15, 0.2) is 0 Å². The molecule has 0 saturated carbocycles. The molecular weight excluding hydrogens is 348 g/mol. The second kappa shape index (κ2) is 7.83. The molecule has 1 aliphatic heterocycles. The Morgan fingerprint density at radius 2 is 2.15 bits per heavy atom. The number of amides is 2. The van der Waals surface area contributed by atoms with Gasteiger partial charge in [0.05, 0.1) is 12.3 Å². The SMILES string of the molecule is CNC(=O)[C@H]1CC(O)CN1C(=O)C(C(C)C)n1cc(-c2cccnc2)nn1.